The molecule has 0 nitrogen and oxygen atoms in total. The van der Waals surface area contributed by atoms with Gasteiger partial charge in [-0.05, 0) is 54.7 Å². The second kappa shape index (κ2) is 9.86. The lowest BCUT2D eigenvalue weighted by Gasteiger charge is -2.12. The van der Waals surface area contributed by atoms with Gasteiger partial charge >= 0.3 is 0 Å². The van der Waals surface area contributed by atoms with Crippen molar-refractivity contribution in [3.05, 3.63) is 94.3 Å². The Bertz CT molecular complexity index is 1170. The Kier molecular flexibility index (Phi) is 6.99. The summed E-state index contributed by atoms with van der Waals surface area (Å²) in [5, 5.41) is 0. The minimum atomic E-state index is -0.686. The third-order valence-electron chi connectivity index (χ3n) is 4.76. The monoisotopic (exact) mass is 402 g/mol. The molecule has 0 aliphatic rings. The number of rotatable bonds is 4. The van der Waals surface area contributed by atoms with Crippen molar-refractivity contribution in [2.45, 2.75) is 33.1 Å². The molecule has 0 N–H and O–H groups in total. The van der Waals surface area contributed by atoms with Crippen LogP contribution in [0.25, 0.3) is 11.1 Å². The molecule has 0 aliphatic carbocycles. The van der Waals surface area contributed by atoms with Crippen LogP contribution in [0.4, 0.5) is 13.2 Å². The minimum Gasteiger partial charge on any atom is -0.206 e. The van der Waals surface area contributed by atoms with Gasteiger partial charge in [0, 0.05) is 0 Å². The highest BCUT2D eigenvalue weighted by molar-refractivity contribution is 5.69. The third-order valence-corrected chi connectivity index (χ3v) is 4.76. The van der Waals surface area contributed by atoms with Crippen molar-refractivity contribution in [3.8, 4) is 34.8 Å². The molecular formula is C27H21F3. The van der Waals surface area contributed by atoms with E-state index in [0.29, 0.717) is 12.0 Å². The fourth-order valence-corrected chi connectivity index (χ4v) is 3.21. The predicted octanol–water partition coefficient (Wildman–Crippen LogP) is 6.88. The molecule has 0 aliphatic heterocycles. The first kappa shape index (κ1) is 21.3. The molecule has 0 heterocycles. The van der Waals surface area contributed by atoms with Crippen LogP contribution in [0.15, 0.2) is 54.6 Å². The maximum Gasteiger partial charge on any atom is 0.142 e. The van der Waals surface area contributed by atoms with E-state index in [9.17, 15) is 8.78 Å². The van der Waals surface area contributed by atoms with E-state index in [1.807, 2.05) is 43.3 Å². The fraction of sp³-hybridized carbons (Fsp3) is 0.185. The van der Waals surface area contributed by atoms with Gasteiger partial charge in [-0.15, -0.1) is 5.92 Å². The summed E-state index contributed by atoms with van der Waals surface area (Å²) in [6.45, 7) is 3.59. The average Bonchev–Trinajstić information content (AvgIpc) is 2.75. The van der Waals surface area contributed by atoms with Gasteiger partial charge in [0.1, 0.15) is 17.5 Å². The van der Waals surface area contributed by atoms with E-state index >= 15 is 4.39 Å². The first-order chi connectivity index (χ1) is 14.5. The third kappa shape index (κ3) is 4.76. The average molecular weight is 402 g/mol. The quantitative estimate of drug-likeness (QED) is 0.417. The number of benzene rings is 3. The van der Waals surface area contributed by atoms with E-state index in [2.05, 4.69) is 23.7 Å². The molecule has 0 fully saturated rings. The van der Waals surface area contributed by atoms with Crippen LogP contribution in [0, 0.1) is 41.1 Å². The lowest BCUT2D eigenvalue weighted by atomic mass is 9.93. The van der Waals surface area contributed by atoms with Gasteiger partial charge in [-0.2, -0.15) is 0 Å². The first-order valence-electron chi connectivity index (χ1n) is 9.85. The molecule has 0 atom stereocenters. The molecule has 3 aromatic carbocycles. The molecule has 0 saturated carbocycles. The summed E-state index contributed by atoms with van der Waals surface area (Å²) < 4.78 is 43.6. The first-order valence-corrected chi connectivity index (χ1v) is 9.85. The Hall–Kier alpha value is -3.43. The van der Waals surface area contributed by atoms with Crippen LogP contribution in [-0.4, -0.2) is 0 Å². The largest absolute Gasteiger partial charge is 0.206 e. The number of unbranched alkanes of at least 4 members (excludes halogenated alkanes) is 1. The number of hydrogen-bond acceptors (Lipinski definition) is 0. The Morgan fingerprint density at radius 2 is 1.40 bits per heavy atom. The molecule has 0 saturated heterocycles. The highest BCUT2D eigenvalue weighted by Gasteiger charge is 2.14. The van der Waals surface area contributed by atoms with E-state index in [1.165, 1.54) is 0 Å². The van der Waals surface area contributed by atoms with E-state index in [1.54, 1.807) is 13.0 Å². The molecule has 0 amide bonds. The molecule has 3 aromatic rings. The molecule has 3 heteroatoms. The summed E-state index contributed by atoms with van der Waals surface area (Å²) in [5.74, 6) is 8.53. The molecule has 0 aromatic heterocycles. The molecule has 30 heavy (non-hydrogen) atoms. The highest BCUT2D eigenvalue weighted by Crippen LogP contribution is 2.29. The molecule has 150 valence electrons. The summed E-state index contributed by atoms with van der Waals surface area (Å²) in [6.07, 6.45) is 2.35. The highest BCUT2D eigenvalue weighted by atomic mass is 19.1. The van der Waals surface area contributed by atoms with Crippen molar-refractivity contribution >= 4 is 0 Å². The summed E-state index contributed by atoms with van der Waals surface area (Å²) in [6, 6.07) is 15.0. The zero-order chi connectivity index (χ0) is 21.5. The van der Waals surface area contributed by atoms with Gasteiger partial charge in [-0.25, -0.2) is 13.2 Å². The smallest absolute Gasteiger partial charge is 0.142 e. The van der Waals surface area contributed by atoms with Gasteiger partial charge in [0.05, 0.1) is 16.7 Å². The van der Waals surface area contributed by atoms with Gasteiger partial charge in [0.2, 0.25) is 0 Å². The van der Waals surface area contributed by atoms with Crippen LogP contribution in [0.3, 0.4) is 0 Å². The van der Waals surface area contributed by atoms with Crippen molar-refractivity contribution in [1.29, 1.82) is 0 Å². The summed E-state index contributed by atoms with van der Waals surface area (Å²) >= 11 is 0. The molecule has 3 rings (SSSR count). The van der Waals surface area contributed by atoms with Crippen molar-refractivity contribution in [2.75, 3.05) is 0 Å². The number of hydrogen-bond donors (Lipinski definition) is 0. The van der Waals surface area contributed by atoms with Crippen molar-refractivity contribution in [3.63, 3.8) is 0 Å². The molecule has 0 bridgehead atoms. The lowest BCUT2D eigenvalue weighted by molar-refractivity contribution is 0.594. The van der Waals surface area contributed by atoms with Gasteiger partial charge in [-0.1, -0.05) is 67.5 Å². The zero-order valence-electron chi connectivity index (χ0n) is 17.0. The SMILES string of the molecule is CC#Cc1cc(F)c(C#Cc2ccc(-c3ccccc3)c(CCCC)c2F)cc1F. The Morgan fingerprint density at radius 3 is 2.03 bits per heavy atom. The van der Waals surface area contributed by atoms with Gasteiger partial charge in [0.15, 0.2) is 0 Å². The zero-order valence-corrected chi connectivity index (χ0v) is 17.0. The molecule has 0 radical (unpaired) electrons. The second-order valence-electron chi connectivity index (χ2n) is 6.86. The topological polar surface area (TPSA) is 0 Å². The fourth-order valence-electron chi connectivity index (χ4n) is 3.21. The van der Waals surface area contributed by atoms with Crippen LogP contribution >= 0.6 is 0 Å². The van der Waals surface area contributed by atoms with Gasteiger partial charge in [0.25, 0.3) is 0 Å². The summed E-state index contributed by atoms with van der Waals surface area (Å²) in [4.78, 5) is 0. The van der Waals surface area contributed by atoms with Crippen LogP contribution < -0.4 is 0 Å². The molecular weight excluding hydrogens is 381 g/mol. The van der Waals surface area contributed by atoms with Gasteiger partial charge in [-0.3, -0.25) is 0 Å². The molecule has 0 spiro atoms. The summed E-state index contributed by atoms with van der Waals surface area (Å²) in [7, 11) is 0. The maximum atomic E-state index is 15.3. The van der Waals surface area contributed by atoms with Crippen LogP contribution in [0.2, 0.25) is 0 Å². The van der Waals surface area contributed by atoms with Crippen LogP contribution in [-0.2, 0) is 6.42 Å². The Balaban J connectivity index is 2.04. The van der Waals surface area contributed by atoms with Crippen molar-refractivity contribution < 1.29 is 13.2 Å². The lowest BCUT2D eigenvalue weighted by Crippen LogP contribution is -1.99. The van der Waals surface area contributed by atoms with E-state index in [4.69, 9.17) is 0 Å². The maximum absolute atomic E-state index is 15.3. The van der Waals surface area contributed by atoms with Crippen molar-refractivity contribution in [2.24, 2.45) is 0 Å². The van der Waals surface area contributed by atoms with E-state index < -0.39 is 17.5 Å². The number of halogens is 3. The summed E-state index contributed by atoms with van der Waals surface area (Å²) in [5.41, 5.74) is 2.36. The van der Waals surface area contributed by atoms with Crippen LogP contribution in [0.1, 0.15) is 48.9 Å². The minimum absolute atomic E-state index is 0.0270. The standard InChI is InChI=1S/C27H21F3/c1-3-5-12-24-23(19-10-7-6-8-11-19)16-15-20(27(24)30)13-14-22-18-25(28)21(9-4-2)17-26(22)29/h6-8,10-11,15-18H,3,5,12H2,1-2H3. The van der Waals surface area contributed by atoms with Crippen LogP contribution in [0.5, 0.6) is 0 Å². The molecule has 0 unspecified atom stereocenters. The van der Waals surface area contributed by atoms with Gasteiger partial charge < -0.3 is 0 Å². The van der Waals surface area contributed by atoms with E-state index in [0.717, 1.165) is 36.1 Å². The Morgan fingerprint density at radius 1 is 0.767 bits per heavy atom. The second-order valence-corrected chi connectivity index (χ2v) is 6.86. The predicted molar refractivity (Wildman–Crippen MR) is 115 cm³/mol. The Labute approximate surface area is 175 Å². The van der Waals surface area contributed by atoms with E-state index in [-0.39, 0.29) is 16.7 Å². The van der Waals surface area contributed by atoms with Crippen molar-refractivity contribution in [1.82, 2.24) is 0 Å². The normalized spacial score (nSPS) is 10.0.